The maximum Gasteiger partial charge on any atom is 0.503 e. The molecule has 2 aromatic rings. The summed E-state index contributed by atoms with van der Waals surface area (Å²) in [6.07, 6.45) is 9.90. The van der Waals surface area contributed by atoms with Crippen LogP contribution in [0.5, 0.6) is 11.5 Å². The van der Waals surface area contributed by atoms with E-state index in [1.54, 1.807) is 0 Å². The molecule has 0 unspecified atom stereocenters. The molecular formula is C27H34O5. The van der Waals surface area contributed by atoms with Crippen LogP contribution in [0, 0.1) is 11.3 Å². The fraction of sp³-hybridized carbons (Fsp3) is 0.519. The molecule has 0 spiro atoms. The van der Waals surface area contributed by atoms with Crippen LogP contribution in [-0.4, -0.2) is 23.0 Å². The van der Waals surface area contributed by atoms with Crippen LogP contribution in [0.3, 0.4) is 0 Å². The van der Waals surface area contributed by atoms with Gasteiger partial charge < -0.3 is 19.7 Å². The molecule has 2 bridgehead atoms. The van der Waals surface area contributed by atoms with Crippen molar-refractivity contribution in [3.8, 4) is 11.5 Å². The minimum absolute atomic E-state index is 0.0913. The second kappa shape index (κ2) is 9.53. The summed E-state index contributed by atoms with van der Waals surface area (Å²) in [5.74, 6) is 2.86. The molecule has 0 aromatic heterocycles. The lowest BCUT2D eigenvalue weighted by Gasteiger charge is -2.53. The third-order valence-corrected chi connectivity index (χ3v) is 7.46. The van der Waals surface area contributed by atoms with E-state index in [2.05, 4.69) is 49.4 Å². The van der Waals surface area contributed by atoms with Crippen LogP contribution in [0.4, 0.5) is 4.79 Å². The lowest BCUT2D eigenvalue weighted by atomic mass is 9.62. The maximum atomic E-state index is 8.56. The van der Waals surface area contributed by atoms with Crippen LogP contribution in [0.25, 0.3) is 0 Å². The topological polar surface area (TPSA) is 76.0 Å². The second-order valence-electron chi connectivity index (χ2n) is 9.68. The Morgan fingerprint density at radius 2 is 1.69 bits per heavy atom. The molecule has 2 aliphatic heterocycles. The molecule has 172 valence electrons. The van der Waals surface area contributed by atoms with Crippen LogP contribution in [-0.2, 0) is 16.8 Å². The molecule has 5 nitrogen and oxygen atoms in total. The summed E-state index contributed by atoms with van der Waals surface area (Å²) >= 11 is 0. The van der Waals surface area contributed by atoms with Gasteiger partial charge in [-0.25, -0.2) is 4.79 Å². The molecule has 2 saturated carbocycles. The molecule has 2 aliphatic carbocycles. The first kappa shape index (κ1) is 22.7. The molecule has 0 atom stereocenters. The Morgan fingerprint density at radius 1 is 1.03 bits per heavy atom. The number of carbonyl (C=O) groups is 1. The van der Waals surface area contributed by atoms with E-state index in [4.69, 9.17) is 24.5 Å². The molecular weight excluding hydrogens is 404 g/mol. The Balaban J connectivity index is 0.000000567. The average molecular weight is 439 g/mol. The molecule has 4 aliphatic rings. The predicted molar refractivity (Wildman–Crippen MR) is 123 cm³/mol. The van der Waals surface area contributed by atoms with Crippen molar-refractivity contribution in [2.24, 2.45) is 11.3 Å². The van der Waals surface area contributed by atoms with Gasteiger partial charge >= 0.3 is 6.16 Å². The van der Waals surface area contributed by atoms with Gasteiger partial charge in [0.15, 0.2) is 0 Å². The number of rotatable bonds is 7. The summed E-state index contributed by atoms with van der Waals surface area (Å²) in [5.41, 5.74) is 2.98. The van der Waals surface area contributed by atoms with Crippen LogP contribution >= 0.6 is 0 Å². The zero-order chi connectivity index (χ0) is 22.6. The molecule has 0 amide bonds. The highest BCUT2D eigenvalue weighted by Crippen LogP contribution is 2.56. The Morgan fingerprint density at radius 3 is 2.28 bits per heavy atom. The highest BCUT2D eigenvalue weighted by atomic mass is 16.6. The molecule has 5 heteroatoms. The lowest BCUT2D eigenvalue weighted by molar-refractivity contribution is -0.192. The van der Waals surface area contributed by atoms with Gasteiger partial charge in [-0.2, -0.15) is 0 Å². The van der Waals surface area contributed by atoms with Crippen molar-refractivity contribution in [2.75, 3.05) is 6.61 Å². The largest absolute Gasteiger partial charge is 0.503 e. The third-order valence-electron chi connectivity index (χ3n) is 7.46. The van der Waals surface area contributed by atoms with Gasteiger partial charge in [0.1, 0.15) is 11.5 Å². The third kappa shape index (κ3) is 5.44. The van der Waals surface area contributed by atoms with E-state index in [-0.39, 0.29) is 5.60 Å². The summed E-state index contributed by atoms with van der Waals surface area (Å²) in [4.78, 5) is 8.56. The van der Waals surface area contributed by atoms with E-state index in [0.29, 0.717) is 5.41 Å². The van der Waals surface area contributed by atoms with Crippen molar-refractivity contribution >= 4 is 6.16 Å². The molecule has 2 N–H and O–H groups in total. The van der Waals surface area contributed by atoms with Crippen LogP contribution in [0.15, 0.2) is 48.5 Å². The van der Waals surface area contributed by atoms with Gasteiger partial charge in [-0.1, -0.05) is 44.0 Å². The monoisotopic (exact) mass is 438 g/mol. The standard InChI is InChI=1S/C26H32O2.CH2O3/c1-2-20-5-3-7-23(17-20)28-24-8-4-6-22(18-24)26-15-13-25(14-16-26,19-27-26)12-11-21-9-10-21;2-1(3)4/h3-8,17-18,21H,2,9-16,19H2,1H3;(H2,2,3,4). The van der Waals surface area contributed by atoms with Crippen molar-refractivity contribution in [3.05, 3.63) is 59.7 Å². The number of aryl methyl sites for hydroxylation is 1. The predicted octanol–water partition coefficient (Wildman–Crippen LogP) is 7.24. The first-order valence-electron chi connectivity index (χ1n) is 11.9. The molecule has 2 heterocycles. The van der Waals surface area contributed by atoms with Crippen LogP contribution in [0.2, 0.25) is 0 Å². The van der Waals surface area contributed by atoms with E-state index in [0.717, 1.165) is 43.3 Å². The van der Waals surface area contributed by atoms with Gasteiger partial charge in [0.05, 0.1) is 12.2 Å². The first-order chi connectivity index (χ1) is 15.4. The number of hydrogen-bond acceptors (Lipinski definition) is 3. The van der Waals surface area contributed by atoms with Crippen LogP contribution in [0.1, 0.15) is 69.4 Å². The van der Waals surface area contributed by atoms with Crippen molar-refractivity contribution < 1.29 is 24.5 Å². The normalized spacial score (nSPS) is 26.2. The maximum absolute atomic E-state index is 8.56. The highest BCUT2D eigenvalue weighted by molar-refractivity contribution is 5.53. The number of carboxylic acid groups (broad SMARTS) is 2. The number of ether oxygens (including phenoxy) is 2. The Hall–Kier alpha value is -2.53. The SMILES string of the molecule is CCc1cccc(Oc2cccc(C34CCC(CCC5CC5)(CC3)CO4)c2)c1.O=C(O)O. The number of hydrogen-bond donors (Lipinski definition) is 2. The Bertz CT molecular complexity index is 905. The average Bonchev–Trinajstić information content (AvgIpc) is 3.64. The fourth-order valence-electron chi connectivity index (χ4n) is 5.18. The van der Waals surface area contributed by atoms with Gasteiger partial charge in [-0.05, 0) is 91.7 Å². The quantitative estimate of drug-likeness (QED) is 0.476. The molecule has 0 radical (unpaired) electrons. The van der Waals surface area contributed by atoms with Gasteiger partial charge in [-0.3, -0.25) is 0 Å². The summed E-state index contributed by atoms with van der Waals surface area (Å²) in [5, 5.41) is 13.9. The molecule has 2 aromatic carbocycles. The van der Waals surface area contributed by atoms with Crippen LogP contribution < -0.4 is 4.74 Å². The minimum Gasteiger partial charge on any atom is -0.457 e. The van der Waals surface area contributed by atoms with Gasteiger partial charge in [0.2, 0.25) is 0 Å². The summed E-state index contributed by atoms with van der Waals surface area (Å²) in [7, 11) is 0. The van der Waals surface area contributed by atoms with Crippen molar-refractivity contribution in [3.63, 3.8) is 0 Å². The smallest absolute Gasteiger partial charge is 0.457 e. The first-order valence-corrected chi connectivity index (χ1v) is 11.9. The molecule has 4 fully saturated rings. The van der Waals surface area contributed by atoms with E-state index in [9.17, 15) is 0 Å². The second-order valence-corrected chi connectivity index (χ2v) is 9.68. The lowest BCUT2D eigenvalue weighted by Crippen LogP contribution is -2.49. The zero-order valence-electron chi connectivity index (χ0n) is 18.9. The minimum atomic E-state index is -1.83. The number of benzene rings is 2. The van der Waals surface area contributed by atoms with E-state index < -0.39 is 6.16 Å². The summed E-state index contributed by atoms with van der Waals surface area (Å²) in [6, 6.07) is 17.0. The summed E-state index contributed by atoms with van der Waals surface area (Å²) < 4.78 is 12.8. The van der Waals surface area contributed by atoms with E-state index in [1.165, 1.54) is 49.7 Å². The van der Waals surface area contributed by atoms with E-state index in [1.807, 2.05) is 6.07 Å². The van der Waals surface area contributed by atoms with Crippen molar-refractivity contribution in [1.29, 1.82) is 0 Å². The van der Waals surface area contributed by atoms with Gasteiger partial charge in [-0.15, -0.1) is 0 Å². The van der Waals surface area contributed by atoms with Crippen molar-refractivity contribution in [1.82, 2.24) is 0 Å². The summed E-state index contributed by atoms with van der Waals surface area (Å²) in [6.45, 7) is 3.12. The fourth-order valence-corrected chi connectivity index (χ4v) is 5.18. The van der Waals surface area contributed by atoms with E-state index >= 15 is 0 Å². The molecule has 6 rings (SSSR count). The number of fused-ring (bicyclic) bond motifs is 3. The zero-order valence-corrected chi connectivity index (χ0v) is 18.9. The molecule has 32 heavy (non-hydrogen) atoms. The van der Waals surface area contributed by atoms with Gasteiger partial charge in [0, 0.05) is 0 Å². The Labute approximate surface area is 190 Å². The van der Waals surface area contributed by atoms with Gasteiger partial charge in [0.25, 0.3) is 0 Å². The molecule has 2 saturated heterocycles. The van der Waals surface area contributed by atoms with Crippen molar-refractivity contribution in [2.45, 2.75) is 70.3 Å². The highest BCUT2D eigenvalue weighted by Gasteiger charge is 2.50. The Kier molecular flexibility index (Phi) is 6.75.